The minimum absolute atomic E-state index is 0. The van der Waals surface area contributed by atoms with Crippen LogP contribution in [-0.4, -0.2) is 36.5 Å². The van der Waals surface area contributed by atoms with Gasteiger partial charge in [-0.2, -0.15) is 11.8 Å². The maximum Gasteiger partial charge on any atom is 0.191 e. The zero-order valence-electron chi connectivity index (χ0n) is 13.6. The topological polar surface area (TPSA) is 49.3 Å². The number of thioether (sulfide) groups is 1. The van der Waals surface area contributed by atoms with Crippen LogP contribution in [-0.2, 0) is 6.54 Å². The normalized spacial score (nSPS) is 11.0. The van der Waals surface area contributed by atoms with Crippen LogP contribution >= 0.6 is 47.1 Å². The van der Waals surface area contributed by atoms with E-state index in [9.17, 15) is 0 Å². The number of aliphatic imine (C=N–C) groups is 1. The van der Waals surface area contributed by atoms with Gasteiger partial charge in [0.15, 0.2) is 5.96 Å². The van der Waals surface area contributed by atoms with Gasteiger partial charge in [-0.15, -0.1) is 35.3 Å². The fourth-order valence-corrected chi connectivity index (χ4v) is 3.27. The summed E-state index contributed by atoms with van der Waals surface area (Å²) in [5.41, 5.74) is 2.25. The minimum Gasteiger partial charge on any atom is -0.356 e. The van der Waals surface area contributed by atoms with Crippen LogP contribution in [0.3, 0.4) is 0 Å². The number of nitrogens with one attached hydrogen (secondary N) is 2. The summed E-state index contributed by atoms with van der Waals surface area (Å²) in [7, 11) is 1.79. The highest BCUT2D eigenvalue weighted by molar-refractivity contribution is 14.0. The quantitative estimate of drug-likeness (QED) is 0.297. The molecule has 126 valence electrons. The number of benzene rings is 1. The second-order valence-corrected chi connectivity index (χ2v) is 6.81. The van der Waals surface area contributed by atoms with E-state index in [2.05, 4.69) is 45.9 Å². The number of aromatic nitrogens is 1. The molecule has 0 bridgehead atoms. The summed E-state index contributed by atoms with van der Waals surface area (Å²) >= 11 is 3.55. The van der Waals surface area contributed by atoms with Gasteiger partial charge in [-0.05, 0) is 13.2 Å². The average molecular weight is 462 g/mol. The largest absolute Gasteiger partial charge is 0.356 e. The van der Waals surface area contributed by atoms with Crippen molar-refractivity contribution in [2.45, 2.75) is 13.5 Å². The van der Waals surface area contributed by atoms with Gasteiger partial charge in [-0.1, -0.05) is 30.3 Å². The van der Waals surface area contributed by atoms with E-state index in [1.54, 1.807) is 18.4 Å². The van der Waals surface area contributed by atoms with Crippen LogP contribution in [0.25, 0.3) is 10.6 Å². The maximum absolute atomic E-state index is 4.67. The van der Waals surface area contributed by atoms with Crippen molar-refractivity contribution in [3.05, 3.63) is 40.9 Å². The summed E-state index contributed by atoms with van der Waals surface area (Å²) in [5, 5.41) is 7.72. The van der Waals surface area contributed by atoms with Crippen molar-refractivity contribution < 1.29 is 0 Å². The number of halogens is 1. The molecule has 2 N–H and O–H groups in total. The van der Waals surface area contributed by atoms with E-state index in [1.807, 2.05) is 30.0 Å². The van der Waals surface area contributed by atoms with E-state index < -0.39 is 0 Å². The molecule has 0 saturated heterocycles. The molecule has 0 spiro atoms. The average Bonchev–Trinajstić information content (AvgIpc) is 2.93. The number of nitrogens with zero attached hydrogens (tertiary/aromatic N) is 2. The lowest BCUT2D eigenvalue weighted by Gasteiger charge is -2.10. The Bertz CT molecular complexity index is 614. The van der Waals surface area contributed by atoms with E-state index in [1.165, 1.54) is 10.4 Å². The summed E-state index contributed by atoms with van der Waals surface area (Å²) in [6.07, 6.45) is 2.10. The number of hydrogen-bond acceptors (Lipinski definition) is 4. The Morgan fingerprint density at radius 2 is 2.00 bits per heavy atom. The summed E-state index contributed by atoms with van der Waals surface area (Å²) in [4.78, 5) is 10.2. The third kappa shape index (κ3) is 6.31. The molecule has 4 nitrogen and oxygen atoms in total. The third-order valence-corrected chi connectivity index (χ3v) is 4.97. The lowest BCUT2D eigenvalue weighted by molar-refractivity contribution is 0.836. The molecular weight excluding hydrogens is 439 g/mol. The molecule has 1 heterocycles. The summed E-state index contributed by atoms with van der Waals surface area (Å²) in [5.74, 6) is 1.90. The van der Waals surface area contributed by atoms with E-state index >= 15 is 0 Å². The van der Waals surface area contributed by atoms with Crippen LogP contribution in [0, 0.1) is 6.92 Å². The van der Waals surface area contributed by atoms with Gasteiger partial charge in [0.05, 0.1) is 12.2 Å². The molecule has 0 aliphatic carbocycles. The Morgan fingerprint density at radius 3 is 2.65 bits per heavy atom. The first-order valence-corrected chi connectivity index (χ1v) is 9.40. The Labute approximate surface area is 163 Å². The number of aryl methyl sites for hydroxylation is 1. The second-order valence-electron chi connectivity index (χ2n) is 4.74. The van der Waals surface area contributed by atoms with Gasteiger partial charge in [0.25, 0.3) is 0 Å². The SMILES string of the molecule is CN=C(NCCSC)NCc1sc(-c2ccccc2)nc1C.I. The molecule has 2 rings (SSSR count). The Hall–Kier alpha value is -0.800. The van der Waals surface area contributed by atoms with Crippen molar-refractivity contribution in [3.8, 4) is 10.6 Å². The molecule has 0 radical (unpaired) electrons. The predicted molar refractivity (Wildman–Crippen MR) is 114 cm³/mol. The van der Waals surface area contributed by atoms with Gasteiger partial charge < -0.3 is 10.6 Å². The Kier molecular flexibility index (Phi) is 9.57. The second kappa shape index (κ2) is 10.9. The molecule has 0 aliphatic heterocycles. The van der Waals surface area contributed by atoms with Crippen LogP contribution in [0.15, 0.2) is 35.3 Å². The van der Waals surface area contributed by atoms with Gasteiger partial charge in [0.2, 0.25) is 0 Å². The minimum atomic E-state index is 0. The van der Waals surface area contributed by atoms with Crippen molar-refractivity contribution in [3.63, 3.8) is 0 Å². The number of hydrogen-bond donors (Lipinski definition) is 2. The molecule has 1 aromatic heterocycles. The lowest BCUT2D eigenvalue weighted by atomic mass is 10.2. The Balaban J connectivity index is 0.00000264. The van der Waals surface area contributed by atoms with Crippen molar-refractivity contribution in [2.24, 2.45) is 4.99 Å². The smallest absolute Gasteiger partial charge is 0.191 e. The molecule has 0 unspecified atom stereocenters. The molecule has 1 aromatic carbocycles. The van der Waals surface area contributed by atoms with E-state index in [4.69, 9.17) is 0 Å². The highest BCUT2D eigenvalue weighted by Gasteiger charge is 2.09. The van der Waals surface area contributed by atoms with E-state index in [0.29, 0.717) is 0 Å². The summed E-state index contributed by atoms with van der Waals surface area (Å²) < 4.78 is 0. The van der Waals surface area contributed by atoms with Crippen LogP contribution in [0.4, 0.5) is 0 Å². The predicted octanol–water partition coefficient (Wildman–Crippen LogP) is 3.76. The first-order valence-electron chi connectivity index (χ1n) is 7.19. The van der Waals surface area contributed by atoms with E-state index in [0.717, 1.165) is 35.5 Å². The molecule has 0 fully saturated rings. The number of guanidine groups is 1. The number of thiazole rings is 1. The zero-order chi connectivity index (χ0) is 15.8. The van der Waals surface area contributed by atoms with Crippen LogP contribution < -0.4 is 10.6 Å². The standard InChI is InChI=1S/C16H22N4S2.HI/c1-12-14(11-19-16(17-2)18-9-10-21-3)22-15(20-12)13-7-5-4-6-8-13;/h4-8H,9-11H2,1-3H3,(H2,17,18,19);1H. The maximum atomic E-state index is 4.67. The highest BCUT2D eigenvalue weighted by atomic mass is 127. The molecule has 2 aromatic rings. The molecule has 0 atom stereocenters. The number of rotatable bonds is 6. The van der Waals surface area contributed by atoms with Gasteiger partial charge in [0, 0.05) is 29.8 Å². The van der Waals surface area contributed by atoms with Gasteiger partial charge in [0.1, 0.15) is 5.01 Å². The molecule has 0 saturated carbocycles. The van der Waals surface area contributed by atoms with Crippen molar-refractivity contribution in [2.75, 3.05) is 25.6 Å². The van der Waals surface area contributed by atoms with Gasteiger partial charge in [-0.25, -0.2) is 4.98 Å². The highest BCUT2D eigenvalue weighted by Crippen LogP contribution is 2.27. The van der Waals surface area contributed by atoms with Gasteiger partial charge in [-0.3, -0.25) is 4.99 Å². The molecule has 0 aliphatic rings. The molecule has 0 amide bonds. The van der Waals surface area contributed by atoms with Crippen LogP contribution in [0.1, 0.15) is 10.6 Å². The van der Waals surface area contributed by atoms with Gasteiger partial charge >= 0.3 is 0 Å². The van der Waals surface area contributed by atoms with Crippen LogP contribution in [0.2, 0.25) is 0 Å². The van der Waals surface area contributed by atoms with Crippen molar-refractivity contribution in [1.29, 1.82) is 0 Å². The monoisotopic (exact) mass is 462 g/mol. The van der Waals surface area contributed by atoms with Crippen molar-refractivity contribution in [1.82, 2.24) is 15.6 Å². The zero-order valence-corrected chi connectivity index (χ0v) is 17.6. The fourth-order valence-electron chi connectivity index (χ4n) is 1.95. The van der Waals surface area contributed by atoms with Crippen molar-refractivity contribution >= 4 is 53.0 Å². The van der Waals surface area contributed by atoms with E-state index in [-0.39, 0.29) is 24.0 Å². The first-order chi connectivity index (χ1) is 10.7. The molecule has 23 heavy (non-hydrogen) atoms. The first kappa shape index (κ1) is 20.2. The lowest BCUT2D eigenvalue weighted by Crippen LogP contribution is -2.37. The third-order valence-electron chi connectivity index (χ3n) is 3.15. The molecule has 7 heteroatoms. The van der Waals surface area contributed by atoms with Crippen LogP contribution in [0.5, 0.6) is 0 Å². The summed E-state index contributed by atoms with van der Waals surface area (Å²) in [6, 6.07) is 10.3. The summed E-state index contributed by atoms with van der Waals surface area (Å²) in [6.45, 7) is 3.72. The fraction of sp³-hybridized carbons (Fsp3) is 0.375. The Morgan fingerprint density at radius 1 is 1.26 bits per heavy atom. The molecular formula is C16H23IN4S2.